The van der Waals surface area contributed by atoms with E-state index >= 15 is 0 Å². The van der Waals surface area contributed by atoms with Crippen molar-refractivity contribution in [2.45, 2.75) is 39.3 Å². The fraction of sp³-hybridized carbons (Fsp3) is 0.214. The van der Waals surface area contributed by atoms with Crippen molar-refractivity contribution in [2.75, 3.05) is 10.2 Å². The highest BCUT2D eigenvalue weighted by atomic mass is 16.5. The average Bonchev–Trinajstić information content (AvgIpc) is 2.82. The summed E-state index contributed by atoms with van der Waals surface area (Å²) in [5, 5.41) is 2.88. The predicted octanol–water partition coefficient (Wildman–Crippen LogP) is 5.78. The van der Waals surface area contributed by atoms with Gasteiger partial charge < -0.3 is 15.0 Å². The summed E-state index contributed by atoms with van der Waals surface area (Å²) in [4.78, 5) is 27.1. The Morgan fingerprint density at radius 3 is 2.48 bits per heavy atom. The fourth-order valence-electron chi connectivity index (χ4n) is 3.76. The number of hydrogen-bond donors (Lipinski definition) is 1. The van der Waals surface area contributed by atoms with Crippen LogP contribution >= 0.6 is 0 Å². The lowest BCUT2D eigenvalue weighted by molar-refractivity contribution is -0.125. The third-order valence-corrected chi connectivity index (χ3v) is 5.65. The average molecular weight is 441 g/mol. The zero-order valence-electron chi connectivity index (χ0n) is 19.1. The largest absolute Gasteiger partial charge is 0.479 e. The van der Waals surface area contributed by atoms with Crippen LogP contribution in [0.2, 0.25) is 0 Å². The van der Waals surface area contributed by atoms with Crippen LogP contribution in [-0.2, 0) is 16.1 Å². The molecule has 0 saturated heterocycles. The molecule has 0 aliphatic carbocycles. The lowest BCUT2D eigenvalue weighted by Crippen LogP contribution is -2.44. The Morgan fingerprint density at radius 1 is 1.06 bits per heavy atom. The quantitative estimate of drug-likeness (QED) is 0.495. The first-order chi connectivity index (χ1) is 15.9. The number of benzene rings is 3. The number of ether oxygens (including phenoxy) is 1. The molecule has 1 aliphatic heterocycles. The van der Waals surface area contributed by atoms with Gasteiger partial charge in [0.15, 0.2) is 6.10 Å². The van der Waals surface area contributed by atoms with Crippen LogP contribution in [0.4, 0.5) is 11.4 Å². The van der Waals surface area contributed by atoms with Gasteiger partial charge in [-0.1, -0.05) is 68.4 Å². The maximum Gasteiger partial charge on any atom is 0.268 e. The van der Waals surface area contributed by atoms with Gasteiger partial charge in [0.25, 0.3) is 5.91 Å². The van der Waals surface area contributed by atoms with Crippen LogP contribution in [0.15, 0.2) is 78.9 Å². The highest BCUT2D eigenvalue weighted by Gasteiger charge is 2.31. The van der Waals surface area contributed by atoms with Gasteiger partial charge in [-0.05, 0) is 53.8 Å². The number of fused-ring (bicyclic) bond motifs is 1. The molecule has 0 radical (unpaired) electrons. The monoisotopic (exact) mass is 440 g/mol. The topological polar surface area (TPSA) is 58.6 Å². The van der Waals surface area contributed by atoms with Crippen molar-refractivity contribution in [3.05, 3.63) is 95.6 Å². The molecule has 3 aromatic rings. The molecule has 168 valence electrons. The molecule has 0 aromatic heterocycles. The molecule has 3 aromatic carbocycles. The molecule has 1 atom stereocenters. The first-order valence-corrected chi connectivity index (χ1v) is 11.2. The van der Waals surface area contributed by atoms with Crippen LogP contribution in [-0.4, -0.2) is 17.9 Å². The molecular weight excluding hydrogens is 412 g/mol. The molecule has 1 aliphatic rings. The van der Waals surface area contributed by atoms with E-state index in [4.69, 9.17) is 4.74 Å². The van der Waals surface area contributed by atoms with Crippen molar-refractivity contribution < 1.29 is 14.3 Å². The summed E-state index contributed by atoms with van der Waals surface area (Å²) in [6.45, 7) is 6.48. The lowest BCUT2D eigenvalue weighted by atomic mass is 10.0. The van der Waals surface area contributed by atoms with Gasteiger partial charge in [-0.15, -0.1) is 0 Å². The molecule has 1 heterocycles. The van der Waals surface area contributed by atoms with Gasteiger partial charge in [-0.25, -0.2) is 0 Å². The minimum Gasteiger partial charge on any atom is -0.479 e. The molecule has 0 spiro atoms. The Kier molecular flexibility index (Phi) is 6.59. The summed E-state index contributed by atoms with van der Waals surface area (Å²) in [5.74, 6) is 0.737. The second-order valence-electron chi connectivity index (χ2n) is 8.50. The number of nitrogens with zero attached hydrogens (tertiary/aromatic N) is 1. The zero-order chi connectivity index (χ0) is 23.4. The van der Waals surface area contributed by atoms with Crippen molar-refractivity contribution in [3.63, 3.8) is 0 Å². The number of amides is 2. The van der Waals surface area contributed by atoms with E-state index in [0.29, 0.717) is 29.6 Å². The highest BCUT2D eigenvalue weighted by molar-refractivity contribution is 6.04. The second-order valence-corrected chi connectivity index (χ2v) is 8.50. The van der Waals surface area contributed by atoms with Crippen LogP contribution < -0.4 is 15.0 Å². The molecule has 0 bridgehead atoms. The van der Waals surface area contributed by atoms with Gasteiger partial charge in [-0.3, -0.25) is 9.59 Å². The van der Waals surface area contributed by atoms with Crippen molar-refractivity contribution in [1.29, 1.82) is 0 Å². The summed E-state index contributed by atoms with van der Waals surface area (Å²) in [6.07, 6.45) is 2.73. The van der Waals surface area contributed by atoms with Crippen LogP contribution in [0.1, 0.15) is 43.4 Å². The number of anilines is 2. The normalized spacial score (nSPS) is 15.5. The molecule has 4 rings (SSSR count). The van der Waals surface area contributed by atoms with Crippen LogP contribution in [0, 0.1) is 0 Å². The molecule has 33 heavy (non-hydrogen) atoms. The summed E-state index contributed by atoms with van der Waals surface area (Å²) < 4.78 is 5.79. The molecule has 5 heteroatoms. The van der Waals surface area contributed by atoms with E-state index in [9.17, 15) is 9.59 Å². The van der Waals surface area contributed by atoms with E-state index in [-0.39, 0.29) is 11.8 Å². The van der Waals surface area contributed by atoms with Crippen molar-refractivity contribution in [1.82, 2.24) is 0 Å². The molecule has 2 amide bonds. The van der Waals surface area contributed by atoms with E-state index in [0.717, 1.165) is 11.1 Å². The number of carbonyl (C=O) groups excluding carboxylic acids is 2. The zero-order valence-corrected chi connectivity index (χ0v) is 19.1. The maximum absolute atomic E-state index is 12.9. The third-order valence-electron chi connectivity index (χ3n) is 5.65. The summed E-state index contributed by atoms with van der Waals surface area (Å²) in [5.41, 5.74) is 4.49. The number of nitrogens with one attached hydrogen (secondary N) is 1. The van der Waals surface area contributed by atoms with Crippen molar-refractivity contribution in [2.24, 2.45) is 0 Å². The van der Waals surface area contributed by atoms with Gasteiger partial charge in [0.1, 0.15) is 5.75 Å². The lowest BCUT2D eigenvalue weighted by Gasteiger charge is -2.33. The Balaban J connectivity index is 1.50. The number of carbonyl (C=O) groups is 2. The van der Waals surface area contributed by atoms with E-state index in [1.54, 1.807) is 36.1 Å². The Labute approximate surface area is 194 Å². The number of rotatable bonds is 6. The third kappa shape index (κ3) is 5.32. The first-order valence-electron chi connectivity index (χ1n) is 11.2. The van der Waals surface area contributed by atoms with Gasteiger partial charge >= 0.3 is 0 Å². The molecule has 1 N–H and O–H groups in total. The van der Waals surface area contributed by atoms with E-state index in [1.165, 1.54) is 11.6 Å². The molecular formula is C28H28N2O3. The van der Waals surface area contributed by atoms with Crippen molar-refractivity contribution in [3.8, 4) is 5.75 Å². The SMILES string of the molecule is CC1Oc2ccc(NC(=O)/C=C/c3ccc(C(C)C)cc3)cc2N(Cc2ccccc2)C1=O. The fourth-order valence-corrected chi connectivity index (χ4v) is 3.76. The summed E-state index contributed by atoms with van der Waals surface area (Å²) in [7, 11) is 0. The van der Waals surface area contributed by atoms with Gasteiger partial charge in [0, 0.05) is 11.8 Å². The molecule has 0 saturated carbocycles. The highest BCUT2D eigenvalue weighted by Crippen LogP contribution is 2.37. The first kappa shape index (κ1) is 22.3. The smallest absolute Gasteiger partial charge is 0.268 e. The Bertz CT molecular complexity index is 1170. The molecule has 1 unspecified atom stereocenters. The van der Waals surface area contributed by atoms with Gasteiger partial charge in [0.2, 0.25) is 5.91 Å². The maximum atomic E-state index is 12.9. The van der Waals surface area contributed by atoms with Crippen LogP contribution in [0.3, 0.4) is 0 Å². The van der Waals surface area contributed by atoms with Gasteiger partial charge in [-0.2, -0.15) is 0 Å². The van der Waals surface area contributed by atoms with E-state index < -0.39 is 6.10 Å². The minimum atomic E-state index is -0.563. The Hall–Kier alpha value is -3.86. The standard InChI is InChI=1S/C28H28N2O3/c1-19(2)23-12-9-21(10-13-23)11-16-27(31)29-24-14-15-26-25(17-24)30(28(32)20(3)33-26)18-22-7-5-4-6-8-22/h4-17,19-20H,18H2,1-3H3,(H,29,31)/b16-11+. The predicted molar refractivity (Wildman–Crippen MR) is 132 cm³/mol. The van der Waals surface area contributed by atoms with Gasteiger partial charge in [0.05, 0.1) is 12.2 Å². The van der Waals surface area contributed by atoms with E-state index in [1.807, 2.05) is 42.5 Å². The minimum absolute atomic E-state index is 0.112. The summed E-state index contributed by atoms with van der Waals surface area (Å²) >= 11 is 0. The van der Waals surface area contributed by atoms with Crippen molar-refractivity contribution >= 4 is 29.3 Å². The van der Waals surface area contributed by atoms with Crippen LogP contribution in [0.5, 0.6) is 5.75 Å². The summed E-state index contributed by atoms with van der Waals surface area (Å²) in [6, 6.07) is 23.3. The van der Waals surface area contributed by atoms with E-state index in [2.05, 4.69) is 31.3 Å². The van der Waals surface area contributed by atoms with Crippen LogP contribution in [0.25, 0.3) is 6.08 Å². The molecule has 5 nitrogen and oxygen atoms in total. The number of hydrogen-bond acceptors (Lipinski definition) is 3. The molecule has 0 fully saturated rings. The Morgan fingerprint density at radius 2 is 1.79 bits per heavy atom. The second kappa shape index (κ2) is 9.74.